The maximum absolute atomic E-state index is 11.7. The third-order valence-electron chi connectivity index (χ3n) is 2.46. The lowest BCUT2D eigenvalue weighted by molar-refractivity contribution is 0.0988. The van der Waals surface area contributed by atoms with Gasteiger partial charge in [-0.05, 0) is 32.9 Å². The second-order valence-corrected chi connectivity index (χ2v) is 5.78. The molecule has 1 rings (SSSR count). The van der Waals surface area contributed by atoms with E-state index in [1.807, 2.05) is 7.05 Å². The van der Waals surface area contributed by atoms with Crippen LogP contribution >= 0.6 is 0 Å². The maximum Gasteiger partial charge on any atom is 0.216 e. The van der Waals surface area contributed by atoms with Gasteiger partial charge in [-0.1, -0.05) is 0 Å². The zero-order valence-electron chi connectivity index (χ0n) is 9.16. The van der Waals surface area contributed by atoms with Gasteiger partial charge in [0.05, 0.1) is 11.9 Å². The molecule has 0 bridgehead atoms. The zero-order chi connectivity index (χ0) is 11.1. The van der Waals surface area contributed by atoms with E-state index < -0.39 is 10.0 Å². The predicted octanol–water partition coefficient (Wildman–Crippen LogP) is -0.306. The van der Waals surface area contributed by atoms with E-state index in [4.69, 9.17) is 4.74 Å². The first kappa shape index (κ1) is 12.9. The smallest absolute Gasteiger partial charge is 0.216 e. The summed E-state index contributed by atoms with van der Waals surface area (Å²) in [5.41, 5.74) is 0. The Morgan fingerprint density at radius 3 is 2.80 bits per heavy atom. The highest BCUT2D eigenvalue weighted by Gasteiger charge is 2.27. The average Bonchev–Trinajstić information content (AvgIpc) is 2.26. The Balaban J connectivity index is 2.30. The fourth-order valence-corrected chi connectivity index (χ4v) is 2.97. The third-order valence-corrected chi connectivity index (χ3v) is 4.32. The van der Waals surface area contributed by atoms with Crippen molar-refractivity contribution < 1.29 is 13.2 Å². The highest BCUT2D eigenvalue weighted by molar-refractivity contribution is 7.90. The van der Waals surface area contributed by atoms with Crippen LogP contribution in [0.3, 0.4) is 0 Å². The molecule has 1 fully saturated rings. The second-order valence-electron chi connectivity index (χ2n) is 3.74. The zero-order valence-corrected chi connectivity index (χ0v) is 9.98. The first-order valence-corrected chi connectivity index (χ1v) is 6.92. The topological polar surface area (TPSA) is 67.4 Å². The van der Waals surface area contributed by atoms with Gasteiger partial charge in [-0.2, -0.15) is 0 Å². The van der Waals surface area contributed by atoms with Gasteiger partial charge in [-0.15, -0.1) is 0 Å². The molecule has 0 radical (unpaired) electrons. The van der Waals surface area contributed by atoms with Crippen molar-refractivity contribution in [2.75, 3.05) is 33.4 Å². The number of sulfonamides is 1. The molecule has 1 saturated heterocycles. The molecular weight excluding hydrogens is 216 g/mol. The van der Waals surface area contributed by atoms with Crippen molar-refractivity contribution in [1.29, 1.82) is 0 Å². The summed E-state index contributed by atoms with van der Waals surface area (Å²) >= 11 is 0. The number of hydrogen-bond donors (Lipinski definition) is 2. The molecule has 1 atom stereocenters. The Labute approximate surface area is 91.6 Å². The number of ether oxygens (including phenoxy) is 1. The van der Waals surface area contributed by atoms with Crippen LogP contribution in [0.4, 0.5) is 0 Å². The lowest BCUT2D eigenvalue weighted by Gasteiger charge is -2.22. The summed E-state index contributed by atoms with van der Waals surface area (Å²) < 4.78 is 31.3. The van der Waals surface area contributed by atoms with Crippen LogP contribution in [-0.2, 0) is 14.8 Å². The Hall–Kier alpha value is -0.170. The molecule has 1 heterocycles. The minimum atomic E-state index is -3.17. The van der Waals surface area contributed by atoms with E-state index in [0.717, 1.165) is 19.4 Å². The number of hydrogen-bond acceptors (Lipinski definition) is 4. The molecule has 6 heteroatoms. The normalized spacial score (nSPS) is 22.9. The second kappa shape index (κ2) is 6.42. The Kier molecular flexibility index (Phi) is 5.52. The molecule has 1 aliphatic rings. The van der Waals surface area contributed by atoms with Gasteiger partial charge in [0.25, 0.3) is 0 Å². The molecule has 0 saturated carbocycles. The summed E-state index contributed by atoms with van der Waals surface area (Å²) in [5.74, 6) is 0. The van der Waals surface area contributed by atoms with Gasteiger partial charge in [0.2, 0.25) is 10.0 Å². The largest absolute Gasteiger partial charge is 0.380 e. The van der Waals surface area contributed by atoms with E-state index in [1.165, 1.54) is 0 Å². The van der Waals surface area contributed by atoms with E-state index in [-0.39, 0.29) is 5.25 Å². The quantitative estimate of drug-likeness (QED) is 0.621. The van der Waals surface area contributed by atoms with Gasteiger partial charge in [-0.3, -0.25) is 0 Å². The van der Waals surface area contributed by atoms with Gasteiger partial charge >= 0.3 is 0 Å². The van der Waals surface area contributed by atoms with Crippen molar-refractivity contribution in [3.8, 4) is 0 Å². The first-order chi connectivity index (χ1) is 7.17. The predicted molar refractivity (Wildman–Crippen MR) is 59.3 cm³/mol. The van der Waals surface area contributed by atoms with Crippen molar-refractivity contribution in [1.82, 2.24) is 10.0 Å². The van der Waals surface area contributed by atoms with Crippen molar-refractivity contribution in [3.05, 3.63) is 0 Å². The highest BCUT2D eigenvalue weighted by Crippen LogP contribution is 2.13. The molecule has 90 valence electrons. The van der Waals surface area contributed by atoms with Crippen LogP contribution in [0.15, 0.2) is 0 Å². The maximum atomic E-state index is 11.7. The Bertz CT molecular complexity index is 261. The minimum Gasteiger partial charge on any atom is -0.380 e. The standard InChI is InChI=1S/C9H20N2O3S/c1-10-5-3-6-11-15(12,13)9-4-2-7-14-8-9/h9-11H,2-8H2,1H3/t9-/m0/s1. The molecule has 0 spiro atoms. The SMILES string of the molecule is CNCCCNS(=O)(=O)[C@H]1CCCOC1. The van der Waals surface area contributed by atoms with Gasteiger partial charge in [0, 0.05) is 13.2 Å². The molecule has 2 N–H and O–H groups in total. The molecule has 15 heavy (non-hydrogen) atoms. The summed E-state index contributed by atoms with van der Waals surface area (Å²) in [5, 5.41) is 2.61. The Morgan fingerprint density at radius 2 is 2.20 bits per heavy atom. The van der Waals surface area contributed by atoms with E-state index >= 15 is 0 Å². The summed E-state index contributed by atoms with van der Waals surface area (Å²) in [7, 11) is -1.32. The molecule has 1 aliphatic heterocycles. The number of nitrogens with one attached hydrogen (secondary N) is 2. The van der Waals surface area contributed by atoms with Crippen LogP contribution in [-0.4, -0.2) is 47.0 Å². The molecule has 5 nitrogen and oxygen atoms in total. The lowest BCUT2D eigenvalue weighted by atomic mass is 10.2. The van der Waals surface area contributed by atoms with Crippen LogP contribution in [0, 0.1) is 0 Å². The van der Waals surface area contributed by atoms with Crippen LogP contribution in [0.5, 0.6) is 0 Å². The van der Waals surface area contributed by atoms with Crippen LogP contribution in [0.25, 0.3) is 0 Å². The van der Waals surface area contributed by atoms with Crippen molar-refractivity contribution >= 4 is 10.0 Å². The third kappa shape index (κ3) is 4.46. The average molecular weight is 236 g/mol. The lowest BCUT2D eigenvalue weighted by Crippen LogP contribution is -2.40. The summed E-state index contributed by atoms with van der Waals surface area (Å²) in [6.45, 7) is 2.34. The van der Waals surface area contributed by atoms with Crippen molar-refractivity contribution in [2.24, 2.45) is 0 Å². The van der Waals surface area contributed by atoms with E-state index in [2.05, 4.69) is 10.0 Å². The van der Waals surface area contributed by atoms with Gasteiger partial charge < -0.3 is 10.1 Å². The van der Waals surface area contributed by atoms with Gasteiger partial charge in [0.1, 0.15) is 0 Å². The van der Waals surface area contributed by atoms with Gasteiger partial charge in [-0.25, -0.2) is 13.1 Å². The van der Waals surface area contributed by atoms with Crippen molar-refractivity contribution in [2.45, 2.75) is 24.5 Å². The molecule has 0 unspecified atom stereocenters. The Morgan fingerprint density at radius 1 is 1.40 bits per heavy atom. The van der Waals surface area contributed by atoms with Crippen LogP contribution in [0.1, 0.15) is 19.3 Å². The molecule has 0 aromatic rings. The fraction of sp³-hybridized carbons (Fsp3) is 1.00. The summed E-state index contributed by atoms with van der Waals surface area (Å²) in [6.07, 6.45) is 2.35. The van der Waals surface area contributed by atoms with E-state index in [1.54, 1.807) is 0 Å². The molecule has 0 aromatic carbocycles. The molecular formula is C9H20N2O3S. The number of rotatable bonds is 6. The highest BCUT2D eigenvalue weighted by atomic mass is 32.2. The monoisotopic (exact) mass is 236 g/mol. The first-order valence-electron chi connectivity index (χ1n) is 5.37. The van der Waals surface area contributed by atoms with E-state index in [9.17, 15) is 8.42 Å². The van der Waals surface area contributed by atoms with Crippen molar-refractivity contribution in [3.63, 3.8) is 0 Å². The summed E-state index contributed by atoms with van der Waals surface area (Å²) in [4.78, 5) is 0. The summed E-state index contributed by atoms with van der Waals surface area (Å²) in [6, 6.07) is 0. The fourth-order valence-electron chi connectivity index (χ4n) is 1.55. The minimum absolute atomic E-state index is 0.335. The van der Waals surface area contributed by atoms with Crippen LogP contribution in [0.2, 0.25) is 0 Å². The van der Waals surface area contributed by atoms with Gasteiger partial charge in [0.15, 0.2) is 0 Å². The van der Waals surface area contributed by atoms with E-state index in [0.29, 0.717) is 26.2 Å². The molecule has 0 aromatic heterocycles. The van der Waals surface area contributed by atoms with Crippen LogP contribution < -0.4 is 10.0 Å². The molecule has 0 amide bonds. The molecule has 0 aliphatic carbocycles.